The standard InChI is InChI=1S/C12H10N2O2/c13-14-11-5-7(15)1-3-9(11)10-4-2-8(16)6-12(10)14/h1-6,15-16H,13H2. The van der Waals surface area contributed by atoms with E-state index in [2.05, 4.69) is 0 Å². The van der Waals surface area contributed by atoms with Gasteiger partial charge in [-0.25, -0.2) is 0 Å². The molecule has 0 aliphatic heterocycles. The van der Waals surface area contributed by atoms with E-state index in [1.54, 1.807) is 24.3 Å². The average molecular weight is 214 g/mol. The molecule has 4 N–H and O–H groups in total. The van der Waals surface area contributed by atoms with Crippen molar-refractivity contribution in [1.29, 1.82) is 0 Å². The van der Waals surface area contributed by atoms with E-state index in [4.69, 9.17) is 5.84 Å². The Hall–Kier alpha value is -2.36. The summed E-state index contributed by atoms with van der Waals surface area (Å²) in [5.41, 5.74) is 1.47. The Morgan fingerprint density at radius 2 is 1.25 bits per heavy atom. The van der Waals surface area contributed by atoms with E-state index in [-0.39, 0.29) is 11.5 Å². The van der Waals surface area contributed by atoms with E-state index in [0.717, 1.165) is 21.8 Å². The highest BCUT2D eigenvalue weighted by Crippen LogP contribution is 2.31. The first-order valence-electron chi connectivity index (χ1n) is 4.88. The van der Waals surface area contributed by atoms with Crippen molar-refractivity contribution in [2.75, 3.05) is 5.84 Å². The van der Waals surface area contributed by atoms with E-state index in [9.17, 15) is 10.2 Å². The molecule has 0 radical (unpaired) electrons. The van der Waals surface area contributed by atoms with Crippen molar-refractivity contribution in [2.24, 2.45) is 0 Å². The fraction of sp³-hybridized carbons (Fsp3) is 0. The topological polar surface area (TPSA) is 71.4 Å². The molecule has 0 atom stereocenters. The molecule has 4 nitrogen and oxygen atoms in total. The Kier molecular flexibility index (Phi) is 1.57. The lowest BCUT2D eigenvalue weighted by Gasteiger charge is -1.98. The van der Waals surface area contributed by atoms with Crippen molar-refractivity contribution in [3.63, 3.8) is 0 Å². The van der Waals surface area contributed by atoms with Gasteiger partial charge < -0.3 is 16.1 Å². The third-order valence-corrected chi connectivity index (χ3v) is 2.77. The molecule has 1 heterocycles. The molecule has 0 amide bonds. The fourth-order valence-corrected chi connectivity index (χ4v) is 2.02. The van der Waals surface area contributed by atoms with Crippen LogP contribution in [0.15, 0.2) is 36.4 Å². The maximum Gasteiger partial charge on any atom is 0.117 e. The Labute approximate surface area is 91.1 Å². The summed E-state index contributed by atoms with van der Waals surface area (Å²) >= 11 is 0. The first kappa shape index (κ1) is 8.91. The van der Waals surface area contributed by atoms with Gasteiger partial charge in [0.05, 0.1) is 11.0 Å². The van der Waals surface area contributed by atoms with Crippen LogP contribution in [-0.4, -0.2) is 14.9 Å². The zero-order chi connectivity index (χ0) is 11.3. The normalized spacial score (nSPS) is 11.2. The molecule has 3 rings (SSSR count). The number of nitrogen functional groups attached to an aromatic ring is 1. The SMILES string of the molecule is Nn1c2cc(O)ccc2c2ccc(O)cc21. The second-order valence-electron chi connectivity index (χ2n) is 3.77. The van der Waals surface area contributed by atoms with E-state index in [0.29, 0.717) is 0 Å². The van der Waals surface area contributed by atoms with Gasteiger partial charge in [0.15, 0.2) is 0 Å². The minimum Gasteiger partial charge on any atom is -0.508 e. The number of nitrogens with zero attached hydrogens (tertiary/aromatic N) is 1. The van der Waals surface area contributed by atoms with Gasteiger partial charge in [0.2, 0.25) is 0 Å². The molecule has 0 saturated heterocycles. The van der Waals surface area contributed by atoms with Crippen molar-refractivity contribution < 1.29 is 10.2 Å². The molecule has 0 bridgehead atoms. The van der Waals surface area contributed by atoms with Gasteiger partial charge in [-0.05, 0) is 24.3 Å². The van der Waals surface area contributed by atoms with Gasteiger partial charge in [0, 0.05) is 22.9 Å². The summed E-state index contributed by atoms with van der Waals surface area (Å²) in [7, 11) is 0. The molecule has 0 fully saturated rings. The summed E-state index contributed by atoms with van der Waals surface area (Å²) in [6.45, 7) is 0. The Morgan fingerprint density at radius 1 is 0.812 bits per heavy atom. The molecule has 0 spiro atoms. The largest absolute Gasteiger partial charge is 0.508 e. The van der Waals surface area contributed by atoms with Crippen LogP contribution >= 0.6 is 0 Å². The quantitative estimate of drug-likeness (QED) is 0.500. The molecule has 0 aliphatic carbocycles. The number of rotatable bonds is 0. The van der Waals surface area contributed by atoms with Crippen LogP contribution in [0.3, 0.4) is 0 Å². The van der Waals surface area contributed by atoms with Gasteiger partial charge in [-0.1, -0.05) is 0 Å². The zero-order valence-corrected chi connectivity index (χ0v) is 8.38. The monoisotopic (exact) mass is 214 g/mol. The predicted molar refractivity (Wildman–Crippen MR) is 62.9 cm³/mol. The summed E-state index contributed by atoms with van der Waals surface area (Å²) in [5.74, 6) is 6.25. The van der Waals surface area contributed by atoms with Crippen molar-refractivity contribution >= 4 is 21.8 Å². The van der Waals surface area contributed by atoms with Crippen LogP contribution in [0.1, 0.15) is 0 Å². The number of phenols is 2. The highest BCUT2D eigenvalue weighted by molar-refractivity contribution is 6.08. The molecule has 3 aromatic rings. The minimum atomic E-state index is 0.172. The van der Waals surface area contributed by atoms with E-state index < -0.39 is 0 Å². The van der Waals surface area contributed by atoms with Crippen LogP contribution in [0.2, 0.25) is 0 Å². The van der Waals surface area contributed by atoms with E-state index in [1.165, 1.54) is 4.68 Å². The number of hydrogen-bond donors (Lipinski definition) is 3. The summed E-state index contributed by atoms with van der Waals surface area (Å²) in [6.07, 6.45) is 0. The zero-order valence-electron chi connectivity index (χ0n) is 8.38. The number of fused-ring (bicyclic) bond motifs is 3. The van der Waals surface area contributed by atoms with Crippen LogP contribution in [-0.2, 0) is 0 Å². The maximum absolute atomic E-state index is 9.42. The number of phenolic OH excluding ortho intramolecular Hbond substituents is 2. The number of aromatic hydroxyl groups is 2. The van der Waals surface area contributed by atoms with Gasteiger partial charge in [-0.3, -0.25) is 4.68 Å². The number of nitrogens with two attached hydrogens (primary N) is 1. The van der Waals surface area contributed by atoms with Gasteiger partial charge in [0.25, 0.3) is 0 Å². The van der Waals surface area contributed by atoms with Crippen LogP contribution in [0.4, 0.5) is 0 Å². The summed E-state index contributed by atoms with van der Waals surface area (Å²) in [4.78, 5) is 0. The second kappa shape index (κ2) is 2.82. The average Bonchev–Trinajstić information content (AvgIpc) is 2.53. The summed E-state index contributed by atoms with van der Waals surface area (Å²) in [6, 6.07) is 10.1. The smallest absolute Gasteiger partial charge is 0.117 e. The van der Waals surface area contributed by atoms with Crippen molar-refractivity contribution in [3.05, 3.63) is 36.4 Å². The van der Waals surface area contributed by atoms with Gasteiger partial charge in [-0.15, -0.1) is 0 Å². The lowest BCUT2D eigenvalue weighted by atomic mass is 10.1. The molecule has 2 aromatic carbocycles. The third kappa shape index (κ3) is 1.04. The van der Waals surface area contributed by atoms with Crippen molar-refractivity contribution in [2.45, 2.75) is 0 Å². The number of hydrogen-bond acceptors (Lipinski definition) is 3. The van der Waals surface area contributed by atoms with Crippen molar-refractivity contribution in [3.8, 4) is 11.5 Å². The van der Waals surface area contributed by atoms with Crippen LogP contribution < -0.4 is 5.84 Å². The molecule has 4 heteroatoms. The molecule has 0 saturated carbocycles. The summed E-state index contributed by atoms with van der Waals surface area (Å²) < 4.78 is 1.46. The second-order valence-corrected chi connectivity index (χ2v) is 3.77. The fourth-order valence-electron chi connectivity index (χ4n) is 2.02. The molecule has 80 valence electrons. The number of aromatic nitrogens is 1. The van der Waals surface area contributed by atoms with Gasteiger partial charge in [0.1, 0.15) is 11.5 Å². The summed E-state index contributed by atoms with van der Waals surface area (Å²) in [5, 5.41) is 20.7. The van der Waals surface area contributed by atoms with Crippen molar-refractivity contribution in [1.82, 2.24) is 4.68 Å². The highest BCUT2D eigenvalue weighted by atomic mass is 16.3. The van der Waals surface area contributed by atoms with E-state index >= 15 is 0 Å². The molecule has 16 heavy (non-hydrogen) atoms. The lowest BCUT2D eigenvalue weighted by molar-refractivity contribution is 0.475. The maximum atomic E-state index is 9.42. The Bertz CT molecular complexity index is 642. The first-order valence-corrected chi connectivity index (χ1v) is 4.88. The van der Waals surface area contributed by atoms with Gasteiger partial charge in [-0.2, -0.15) is 0 Å². The molecular weight excluding hydrogens is 204 g/mol. The number of benzene rings is 2. The van der Waals surface area contributed by atoms with Crippen LogP contribution in [0, 0.1) is 0 Å². The first-order chi connectivity index (χ1) is 7.66. The van der Waals surface area contributed by atoms with Gasteiger partial charge >= 0.3 is 0 Å². The third-order valence-electron chi connectivity index (χ3n) is 2.77. The molecule has 0 unspecified atom stereocenters. The van der Waals surface area contributed by atoms with E-state index in [1.807, 2.05) is 12.1 Å². The molecule has 1 aromatic heterocycles. The predicted octanol–water partition coefficient (Wildman–Crippen LogP) is 1.92. The minimum absolute atomic E-state index is 0.172. The Balaban J connectivity index is 2.59. The lowest BCUT2D eigenvalue weighted by Crippen LogP contribution is -2.06. The van der Waals surface area contributed by atoms with Crippen LogP contribution in [0.25, 0.3) is 21.8 Å². The Morgan fingerprint density at radius 3 is 1.69 bits per heavy atom. The molecule has 0 aliphatic rings. The highest BCUT2D eigenvalue weighted by Gasteiger charge is 2.09. The molecular formula is C12H10N2O2. The van der Waals surface area contributed by atoms with Crippen LogP contribution in [0.5, 0.6) is 11.5 Å².